The van der Waals surface area contributed by atoms with Gasteiger partial charge in [-0.15, -0.1) is 0 Å². The van der Waals surface area contributed by atoms with Crippen LogP contribution in [0.15, 0.2) is 0 Å². The molecule has 3 unspecified atom stereocenters. The number of hydrogen-bond acceptors (Lipinski definition) is 3. The van der Waals surface area contributed by atoms with Gasteiger partial charge in [0, 0.05) is 32.2 Å². The van der Waals surface area contributed by atoms with Crippen LogP contribution in [-0.4, -0.2) is 59.8 Å². The number of aliphatic hydroxyl groups is 1. The van der Waals surface area contributed by atoms with E-state index in [1.165, 1.54) is 32.6 Å². The largest absolute Gasteiger partial charge is 0.393 e. The second kappa shape index (κ2) is 3.95. The van der Waals surface area contributed by atoms with E-state index in [9.17, 15) is 5.11 Å². The van der Waals surface area contributed by atoms with E-state index in [1.807, 2.05) is 6.92 Å². The molecule has 2 rings (SSSR count). The average molecular weight is 184 g/mol. The molecule has 0 aromatic rings. The van der Waals surface area contributed by atoms with E-state index < -0.39 is 0 Å². The minimum absolute atomic E-state index is 0.139. The summed E-state index contributed by atoms with van der Waals surface area (Å²) in [5, 5.41) is 9.22. The van der Waals surface area contributed by atoms with E-state index in [1.54, 1.807) is 0 Å². The lowest BCUT2D eigenvalue weighted by molar-refractivity contribution is 0.106. The Morgan fingerprint density at radius 3 is 3.00 bits per heavy atom. The quantitative estimate of drug-likeness (QED) is 0.676. The van der Waals surface area contributed by atoms with Gasteiger partial charge in [-0.05, 0) is 26.3 Å². The number of fused-ring (bicyclic) bond motifs is 2. The minimum Gasteiger partial charge on any atom is -0.393 e. The second-order valence-electron chi connectivity index (χ2n) is 4.42. The lowest BCUT2D eigenvalue weighted by Gasteiger charge is -2.34. The fraction of sp³-hybridized carbons (Fsp3) is 1.00. The van der Waals surface area contributed by atoms with Crippen molar-refractivity contribution in [1.82, 2.24) is 9.80 Å². The zero-order valence-corrected chi connectivity index (χ0v) is 8.45. The Morgan fingerprint density at radius 2 is 2.23 bits per heavy atom. The Hall–Kier alpha value is -0.120. The van der Waals surface area contributed by atoms with Crippen LogP contribution in [0.2, 0.25) is 0 Å². The van der Waals surface area contributed by atoms with Crippen molar-refractivity contribution in [3.05, 3.63) is 0 Å². The van der Waals surface area contributed by atoms with E-state index in [-0.39, 0.29) is 6.10 Å². The third-order valence-electron chi connectivity index (χ3n) is 3.30. The van der Waals surface area contributed by atoms with Gasteiger partial charge in [-0.25, -0.2) is 0 Å². The van der Waals surface area contributed by atoms with Crippen molar-refractivity contribution in [3.8, 4) is 0 Å². The molecular weight excluding hydrogens is 164 g/mol. The van der Waals surface area contributed by atoms with Crippen molar-refractivity contribution in [2.24, 2.45) is 0 Å². The molecule has 76 valence electrons. The summed E-state index contributed by atoms with van der Waals surface area (Å²) in [6, 6.07) is 0.785. The highest BCUT2D eigenvalue weighted by Gasteiger charge is 2.31. The average Bonchev–Trinajstić information content (AvgIpc) is 2.47. The molecule has 1 N–H and O–H groups in total. The van der Waals surface area contributed by atoms with Crippen LogP contribution in [0.4, 0.5) is 0 Å². The smallest absolute Gasteiger partial charge is 0.0524 e. The SMILES string of the molecule is CC(O)CCN1CCN2CCC1C2. The van der Waals surface area contributed by atoms with Crippen LogP contribution in [0.5, 0.6) is 0 Å². The number of nitrogens with zero attached hydrogens (tertiary/aromatic N) is 2. The first-order chi connectivity index (χ1) is 6.25. The van der Waals surface area contributed by atoms with Crippen molar-refractivity contribution in [1.29, 1.82) is 0 Å². The van der Waals surface area contributed by atoms with E-state index in [4.69, 9.17) is 0 Å². The zero-order valence-electron chi connectivity index (χ0n) is 8.45. The first-order valence-electron chi connectivity index (χ1n) is 5.40. The number of rotatable bonds is 3. The van der Waals surface area contributed by atoms with E-state index in [0.29, 0.717) is 0 Å². The predicted molar refractivity (Wildman–Crippen MR) is 52.7 cm³/mol. The van der Waals surface area contributed by atoms with Gasteiger partial charge in [0.15, 0.2) is 0 Å². The van der Waals surface area contributed by atoms with Gasteiger partial charge in [0.25, 0.3) is 0 Å². The highest BCUT2D eigenvalue weighted by Crippen LogP contribution is 2.20. The fourth-order valence-corrected chi connectivity index (χ4v) is 2.41. The van der Waals surface area contributed by atoms with Crippen LogP contribution in [0.25, 0.3) is 0 Å². The predicted octanol–water partition coefficient (Wildman–Crippen LogP) is 0.147. The number of piperazine rings is 1. The fourth-order valence-electron chi connectivity index (χ4n) is 2.41. The third-order valence-corrected chi connectivity index (χ3v) is 3.30. The topological polar surface area (TPSA) is 26.7 Å². The van der Waals surface area contributed by atoms with Crippen molar-refractivity contribution in [2.75, 3.05) is 32.7 Å². The standard InChI is InChI=1S/C10H20N2O/c1-9(13)2-5-12-7-6-11-4-3-10(12)8-11/h9-10,13H,2-8H2,1H3. The summed E-state index contributed by atoms with van der Waals surface area (Å²) in [6.07, 6.45) is 2.12. The molecule has 3 atom stereocenters. The minimum atomic E-state index is -0.139. The van der Waals surface area contributed by atoms with Crippen LogP contribution >= 0.6 is 0 Å². The van der Waals surface area contributed by atoms with E-state index in [0.717, 1.165) is 19.0 Å². The summed E-state index contributed by atoms with van der Waals surface area (Å²) in [5.41, 5.74) is 0. The van der Waals surface area contributed by atoms with Gasteiger partial charge >= 0.3 is 0 Å². The lowest BCUT2D eigenvalue weighted by Crippen LogP contribution is -2.47. The van der Waals surface area contributed by atoms with Crippen molar-refractivity contribution in [3.63, 3.8) is 0 Å². The Kier molecular flexibility index (Phi) is 2.86. The Morgan fingerprint density at radius 1 is 1.38 bits per heavy atom. The molecule has 2 bridgehead atoms. The highest BCUT2D eigenvalue weighted by molar-refractivity contribution is 4.88. The number of hydrogen-bond donors (Lipinski definition) is 1. The monoisotopic (exact) mass is 184 g/mol. The summed E-state index contributed by atoms with van der Waals surface area (Å²) in [4.78, 5) is 5.10. The van der Waals surface area contributed by atoms with Crippen LogP contribution in [0.1, 0.15) is 19.8 Å². The van der Waals surface area contributed by atoms with Crippen molar-refractivity contribution in [2.45, 2.75) is 31.9 Å². The molecule has 2 heterocycles. The lowest BCUT2D eigenvalue weighted by atomic mass is 10.1. The van der Waals surface area contributed by atoms with Gasteiger partial charge < -0.3 is 10.0 Å². The van der Waals surface area contributed by atoms with Gasteiger partial charge in [0.1, 0.15) is 0 Å². The van der Waals surface area contributed by atoms with Crippen LogP contribution in [0, 0.1) is 0 Å². The normalized spacial score (nSPS) is 36.5. The van der Waals surface area contributed by atoms with E-state index in [2.05, 4.69) is 9.80 Å². The summed E-state index contributed by atoms with van der Waals surface area (Å²) in [6.45, 7) is 7.95. The van der Waals surface area contributed by atoms with Crippen molar-refractivity contribution >= 4 is 0 Å². The Labute approximate surface area is 80.3 Å². The molecular formula is C10H20N2O. The molecule has 2 aliphatic rings. The summed E-state index contributed by atoms with van der Waals surface area (Å²) >= 11 is 0. The maximum absolute atomic E-state index is 9.22. The molecule has 0 spiro atoms. The molecule has 0 amide bonds. The summed E-state index contributed by atoms with van der Waals surface area (Å²) < 4.78 is 0. The molecule has 2 saturated heterocycles. The van der Waals surface area contributed by atoms with E-state index >= 15 is 0 Å². The summed E-state index contributed by atoms with van der Waals surface area (Å²) in [7, 11) is 0. The second-order valence-corrected chi connectivity index (χ2v) is 4.42. The number of aliphatic hydroxyl groups excluding tert-OH is 1. The third kappa shape index (κ3) is 2.22. The molecule has 3 nitrogen and oxygen atoms in total. The first kappa shape index (κ1) is 9.44. The van der Waals surface area contributed by atoms with Crippen LogP contribution in [0.3, 0.4) is 0 Å². The van der Waals surface area contributed by atoms with Gasteiger partial charge in [-0.2, -0.15) is 0 Å². The molecule has 0 aliphatic carbocycles. The Balaban J connectivity index is 1.79. The van der Waals surface area contributed by atoms with Gasteiger partial charge in [-0.1, -0.05) is 0 Å². The zero-order chi connectivity index (χ0) is 9.26. The molecule has 2 fully saturated rings. The maximum Gasteiger partial charge on any atom is 0.0524 e. The molecule has 3 heteroatoms. The molecule has 2 aliphatic heterocycles. The molecule has 0 radical (unpaired) electrons. The Bertz CT molecular complexity index is 172. The maximum atomic E-state index is 9.22. The summed E-state index contributed by atoms with van der Waals surface area (Å²) in [5.74, 6) is 0. The first-order valence-corrected chi connectivity index (χ1v) is 5.40. The molecule has 0 aromatic carbocycles. The van der Waals surface area contributed by atoms with Crippen molar-refractivity contribution < 1.29 is 5.11 Å². The molecule has 0 aromatic heterocycles. The van der Waals surface area contributed by atoms with Crippen LogP contribution < -0.4 is 0 Å². The van der Waals surface area contributed by atoms with Gasteiger partial charge in [0.05, 0.1) is 6.10 Å². The highest BCUT2D eigenvalue weighted by atomic mass is 16.3. The van der Waals surface area contributed by atoms with Gasteiger partial charge in [-0.3, -0.25) is 4.90 Å². The molecule has 13 heavy (non-hydrogen) atoms. The van der Waals surface area contributed by atoms with Gasteiger partial charge in [0.2, 0.25) is 0 Å². The molecule has 0 saturated carbocycles. The van der Waals surface area contributed by atoms with Crippen LogP contribution in [-0.2, 0) is 0 Å².